The fourth-order valence-electron chi connectivity index (χ4n) is 0. The SMILES string of the molecule is NCC(=O)O.NCC(=O)[O-].[Na+]. The average molecular weight is 172 g/mol. The number of hydrogen-bond acceptors (Lipinski definition) is 5. The molecule has 0 heterocycles. The van der Waals surface area contributed by atoms with Crippen molar-refractivity contribution in [3.63, 3.8) is 0 Å². The van der Waals surface area contributed by atoms with Gasteiger partial charge in [-0.2, -0.15) is 0 Å². The summed E-state index contributed by atoms with van der Waals surface area (Å²) in [7, 11) is 0. The van der Waals surface area contributed by atoms with Crippen molar-refractivity contribution >= 4 is 11.9 Å². The Morgan fingerprint density at radius 2 is 1.45 bits per heavy atom. The van der Waals surface area contributed by atoms with E-state index in [1.807, 2.05) is 0 Å². The molecule has 0 bridgehead atoms. The van der Waals surface area contributed by atoms with E-state index in [0.29, 0.717) is 0 Å². The second-order valence-electron chi connectivity index (χ2n) is 1.17. The molecule has 0 unspecified atom stereocenters. The first-order valence-electron chi connectivity index (χ1n) is 2.36. The number of rotatable bonds is 2. The molecule has 5 N–H and O–H groups in total. The summed E-state index contributed by atoms with van der Waals surface area (Å²) in [6, 6.07) is 0. The van der Waals surface area contributed by atoms with Gasteiger partial charge in [0.1, 0.15) is 0 Å². The van der Waals surface area contributed by atoms with Crippen LogP contribution in [0.3, 0.4) is 0 Å². The first kappa shape index (κ1) is 17.1. The topological polar surface area (TPSA) is 129 Å². The maximum atomic E-state index is 9.24. The van der Waals surface area contributed by atoms with Crippen LogP contribution in [0.25, 0.3) is 0 Å². The zero-order valence-electron chi connectivity index (χ0n) is 6.24. The number of aliphatic carboxylic acids is 2. The van der Waals surface area contributed by atoms with Gasteiger partial charge < -0.3 is 26.5 Å². The maximum Gasteiger partial charge on any atom is 1.00 e. The molecule has 0 saturated heterocycles. The molecule has 0 rings (SSSR count). The van der Waals surface area contributed by atoms with E-state index in [2.05, 4.69) is 11.5 Å². The van der Waals surface area contributed by atoms with E-state index in [-0.39, 0.29) is 42.6 Å². The Morgan fingerprint density at radius 1 is 1.27 bits per heavy atom. The number of nitrogens with two attached hydrogens (primary N) is 2. The first-order valence-corrected chi connectivity index (χ1v) is 2.36. The molecule has 0 aliphatic rings. The molecule has 60 valence electrons. The summed E-state index contributed by atoms with van der Waals surface area (Å²) >= 11 is 0. The molecule has 7 heteroatoms. The van der Waals surface area contributed by atoms with E-state index in [1.54, 1.807) is 0 Å². The molecule has 0 radical (unpaired) electrons. The Kier molecular flexibility index (Phi) is 19.5. The summed E-state index contributed by atoms with van der Waals surface area (Å²) in [4.78, 5) is 18.4. The van der Waals surface area contributed by atoms with Crippen molar-refractivity contribution in [1.29, 1.82) is 0 Å². The van der Waals surface area contributed by atoms with Gasteiger partial charge in [0.2, 0.25) is 0 Å². The van der Waals surface area contributed by atoms with E-state index >= 15 is 0 Å². The van der Waals surface area contributed by atoms with Gasteiger partial charge >= 0.3 is 35.5 Å². The standard InChI is InChI=1S/2C2H5NO2.Na/c2*3-1-2(4)5;/h2*1,3H2,(H,4,5);/q;;+1/p-1. The molecule has 0 aliphatic carbocycles. The molecule has 6 nitrogen and oxygen atoms in total. The van der Waals surface area contributed by atoms with Gasteiger partial charge in [0.25, 0.3) is 0 Å². The molecule has 0 amide bonds. The monoisotopic (exact) mass is 172 g/mol. The molecule has 0 spiro atoms. The Morgan fingerprint density at radius 3 is 1.45 bits per heavy atom. The molecule has 0 atom stereocenters. The van der Waals surface area contributed by atoms with Crippen LogP contribution in [0.4, 0.5) is 0 Å². The van der Waals surface area contributed by atoms with Crippen molar-refractivity contribution in [2.45, 2.75) is 0 Å². The predicted octanol–water partition coefficient (Wildman–Crippen LogP) is -6.27. The molecular weight excluding hydrogens is 163 g/mol. The van der Waals surface area contributed by atoms with E-state index in [9.17, 15) is 4.79 Å². The molecule has 0 fully saturated rings. The van der Waals surface area contributed by atoms with E-state index in [0.717, 1.165) is 0 Å². The summed E-state index contributed by atoms with van der Waals surface area (Å²) in [5.74, 6) is -2.19. The van der Waals surface area contributed by atoms with Crippen molar-refractivity contribution in [2.75, 3.05) is 13.1 Å². The first-order chi connectivity index (χ1) is 4.54. The van der Waals surface area contributed by atoms with Crippen molar-refractivity contribution in [3.8, 4) is 0 Å². The van der Waals surface area contributed by atoms with Gasteiger partial charge in [-0.05, 0) is 0 Å². The second-order valence-corrected chi connectivity index (χ2v) is 1.17. The van der Waals surface area contributed by atoms with Crippen LogP contribution in [0, 0.1) is 0 Å². The minimum atomic E-state index is -1.22. The third-order valence-electron chi connectivity index (χ3n) is 0.341. The van der Waals surface area contributed by atoms with Crippen LogP contribution in [0.15, 0.2) is 0 Å². The van der Waals surface area contributed by atoms with Gasteiger partial charge in [-0.1, -0.05) is 0 Å². The minimum absolute atomic E-state index is 0. The quantitative estimate of drug-likeness (QED) is 0.355. The Labute approximate surface area is 85.8 Å². The Balaban J connectivity index is -0.000000107. The van der Waals surface area contributed by atoms with E-state index < -0.39 is 11.9 Å². The predicted molar refractivity (Wildman–Crippen MR) is 30.8 cm³/mol. The summed E-state index contributed by atoms with van der Waals surface area (Å²) in [5, 5.41) is 16.7. The average Bonchev–Trinajstić information content (AvgIpc) is 1.89. The van der Waals surface area contributed by atoms with E-state index in [4.69, 9.17) is 15.0 Å². The summed E-state index contributed by atoms with van der Waals surface area (Å²) in [6.45, 7) is -0.667. The van der Waals surface area contributed by atoms with Crippen LogP contribution >= 0.6 is 0 Å². The molecule has 0 aliphatic heterocycles. The van der Waals surface area contributed by atoms with Gasteiger partial charge in [0.05, 0.1) is 12.5 Å². The normalized spacial score (nSPS) is 6.73. The van der Waals surface area contributed by atoms with Crippen LogP contribution < -0.4 is 46.1 Å². The van der Waals surface area contributed by atoms with Gasteiger partial charge in [-0.3, -0.25) is 4.79 Å². The number of hydrogen-bond donors (Lipinski definition) is 3. The van der Waals surface area contributed by atoms with Gasteiger partial charge in [0.15, 0.2) is 0 Å². The molecule has 0 aromatic heterocycles. The summed E-state index contributed by atoms with van der Waals surface area (Å²) < 4.78 is 0. The van der Waals surface area contributed by atoms with Crippen LogP contribution in [-0.4, -0.2) is 30.1 Å². The number of carboxylic acids is 2. The summed E-state index contributed by atoms with van der Waals surface area (Å²) in [5.41, 5.74) is 9.08. The minimum Gasteiger partial charge on any atom is -0.549 e. The molecule has 0 saturated carbocycles. The van der Waals surface area contributed by atoms with Gasteiger partial charge in [0, 0.05) is 6.54 Å². The van der Waals surface area contributed by atoms with Gasteiger partial charge in [-0.25, -0.2) is 0 Å². The summed E-state index contributed by atoms with van der Waals surface area (Å²) in [6.07, 6.45) is 0. The van der Waals surface area contributed by atoms with Crippen molar-refractivity contribution in [2.24, 2.45) is 11.5 Å². The largest absolute Gasteiger partial charge is 1.00 e. The van der Waals surface area contributed by atoms with Crippen LogP contribution in [0.5, 0.6) is 0 Å². The number of carbonyl (C=O) groups excluding carboxylic acids is 1. The molecule has 0 aromatic carbocycles. The van der Waals surface area contributed by atoms with Crippen molar-refractivity contribution in [3.05, 3.63) is 0 Å². The Hall–Kier alpha value is -0.140. The molecular formula is C4H9N2NaO4. The van der Waals surface area contributed by atoms with Crippen LogP contribution in [-0.2, 0) is 9.59 Å². The number of carbonyl (C=O) groups is 2. The second kappa shape index (κ2) is 12.5. The smallest absolute Gasteiger partial charge is 0.549 e. The van der Waals surface area contributed by atoms with Crippen molar-refractivity contribution in [1.82, 2.24) is 0 Å². The maximum absolute atomic E-state index is 9.24. The van der Waals surface area contributed by atoms with Gasteiger partial charge in [-0.15, -0.1) is 0 Å². The van der Waals surface area contributed by atoms with Crippen molar-refractivity contribution < 1.29 is 49.4 Å². The zero-order chi connectivity index (χ0) is 8.57. The fourth-order valence-corrected chi connectivity index (χ4v) is 0. The van der Waals surface area contributed by atoms with E-state index in [1.165, 1.54) is 0 Å². The fraction of sp³-hybridized carbons (Fsp3) is 0.500. The third kappa shape index (κ3) is 40.9. The zero-order valence-corrected chi connectivity index (χ0v) is 8.24. The Bertz CT molecular complexity index is 105. The van der Waals surface area contributed by atoms with Crippen LogP contribution in [0.2, 0.25) is 0 Å². The molecule has 11 heavy (non-hydrogen) atoms. The van der Waals surface area contributed by atoms with Crippen LogP contribution in [0.1, 0.15) is 0 Å². The molecule has 0 aromatic rings. The third-order valence-corrected chi connectivity index (χ3v) is 0.341. The number of carboxylic acid groups (broad SMARTS) is 2.